The van der Waals surface area contributed by atoms with Crippen LogP contribution in [0.5, 0.6) is 0 Å². The molecule has 0 radical (unpaired) electrons. The molecule has 1 heterocycles. The fraction of sp³-hybridized carbons (Fsp3) is 0.211. The molecular formula is C19H19NO4S. The van der Waals surface area contributed by atoms with Crippen molar-refractivity contribution in [1.29, 1.82) is 0 Å². The van der Waals surface area contributed by atoms with Gasteiger partial charge in [-0.25, -0.2) is 13.2 Å². The quantitative estimate of drug-likeness (QED) is 0.723. The number of fused-ring (bicyclic) bond motifs is 1. The molecule has 0 atom stereocenters. The molecule has 0 aliphatic rings. The highest BCUT2D eigenvalue weighted by Gasteiger charge is 2.22. The number of sulfonamides is 1. The van der Waals surface area contributed by atoms with Crippen LogP contribution in [0.3, 0.4) is 0 Å². The zero-order chi connectivity index (χ0) is 18.4. The monoisotopic (exact) mass is 357 g/mol. The van der Waals surface area contributed by atoms with E-state index in [1.54, 1.807) is 24.3 Å². The van der Waals surface area contributed by atoms with Crippen LogP contribution in [0, 0.1) is 27.7 Å². The summed E-state index contributed by atoms with van der Waals surface area (Å²) in [6.45, 7) is 7.43. The molecule has 0 unspecified atom stereocenters. The largest absolute Gasteiger partial charge is 0.423 e. The van der Waals surface area contributed by atoms with E-state index in [-0.39, 0.29) is 0 Å². The number of hydrogen-bond acceptors (Lipinski definition) is 4. The van der Waals surface area contributed by atoms with E-state index < -0.39 is 15.6 Å². The van der Waals surface area contributed by atoms with Crippen molar-refractivity contribution in [2.24, 2.45) is 0 Å². The maximum atomic E-state index is 13.0. The fourth-order valence-electron chi connectivity index (χ4n) is 2.93. The molecule has 1 N–H and O–H groups in total. The lowest BCUT2D eigenvalue weighted by molar-refractivity contribution is 0.561. The Morgan fingerprint density at radius 3 is 2.16 bits per heavy atom. The number of hydrogen-bond donors (Lipinski definition) is 1. The van der Waals surface area contributed by atoms with Crippen LogP contribution in [0.25, 0.3) is 11.0 Å². The van der Waals surface area contributed by atoms with Crippen LogP contribution >= 0.6 is 0 Å². The van der Waals surface area contributed by atoms with Crippen LogP contribution in [-0.2, 0) is 10.0 Å². The zero-order valence-electron chi connectivity index (χ0n) is 14.5. The Morgan fingerprint density at radius 1 is 0.880 bits per heavy atom. The molecule has 130 valence electrons. The van der Waals surface area contributed by atoms with Gasteiger partial charge in [0.2, 0.25) is 0 Å². The molecule has 3 rings (SSSR count). The maximum absolute atomic E-state index is 13.0. The highest BCUT2D eigenvalue weighted by atomic mass is 32.2. The fourth-order valence-corrected chi connectivity index (χ4v) is 4.59. The van der Waals surface area contributed by atoms with Crippen LogP contribution in [-0.4, -0.2) is 8.42 Å². The van der Waals surface area contributed by atoms with Gasteiger partial charge in [-0.1, -0.05) is 6.07 Å². The second-order valence-corrected chi connectivity index (χ2v) is 7.82. The van der Waals surface area contributed by atoms with Crippen LogP contribution in [0.1, 0.15) is 22.3 Å². The molecular weight excluding hydrogens is 338 g/mol. The van der Waals surface area contributed by atoms with Crippen LogP contribution < -0.4 is 10.3 Å². The average Bonchev–Trinajstić information content (AvgIpc) is 2.53. The van der Waals surface area contributed by atoms with Crippen LogP contribution in [0.2, 0.25) is 0 Å². The van der Waals surface area contributed by atoms with Gasteiger partial charge >= 0.3 is 5.63 Å². The minimum Gasteiger partial charge on any atom is -0.423 e. The van der Waals surface area contributed by atoms with E-state index in [1.165, 1.54) is 6.07 Å². The third kappa shape index (κ3) is 3.17. The van der Waals surface area contributed by atoms with Gasteiger partial charge in [-0.2, -0.15) is 0 Å². The highest BCUT2D eigenvalue weighted by Crippen LogP contribution is 2.28. The lowest BCUT2D eigenvalue weighted by atomic mass is 10.0. The summed E-state index contributed by atoms with van der Waals surface area (Å²) in [7, 11) is -3.74. The second kappa shape index (κ2) is 6.04. The maximum Gasteiger partial charge on any atom is 0.336 e. The summed E-state index contributed by atoms with van der Waals surface area (Å²) < 4.78 is 33.6. The summed E-state index contributed by atoms with van der Waals surface area (Å²) in [5, 5.41) is 0.647. The van der Waals surface area contributed by atoms with Gasteiger partial charge in [0, 0.05) is 17.1 Å². The lowest BCUT2D eigenvalue weighted by Crippen LogP contribution is -2.17. The Kier molecular flexibility index (Phi) is 4.16. The van der Waals surface area contributed by atoms with E-state index in [4.69, 9.17) is 4.42 Å². The molecule has 0 bridgehead atoms. The van der Waals surface area contributed by atoms with Gasteiger partial charge in [-0.05, 0) is 74.2 Å². The van der Waals surface area contributed by atoms with Crippen LogP contribution in [0.15, 0.2) is 50.5 Å². The summed E-state index contributed by atoms with van der Waals surface area (Å²) in [6.07, 6.45) is 0. The first-order valence-electron chi connectivity index (χ1n) is 7.83. The number of benzene rings is 2. The van der Waals surface area contributed by atoms with Gasteiger partial charge in [0.25, 0.3) is 10.0 Å². The molecule has 0 aliphatic heterocycles. The zero-order valence-corrected chi connectivity index (χ0v) is 15.3. The van der Waals surface area contributed by atoms with E-state index in [1.807, 2.05) is 33.8 Å². The molecule has 0 spiro atoms. The first-order chi connectivity index (χ1) is 11.7. The summed E-state index contributed by atoms with van der Waals surface area (Å²) >= 11 is 0. The van der Waals surface area contributed by atoms with Gasteiger partial charge < -0.3 is 4.42 Å². The van der Waals surface area contributed by atoms with E-state index in [9.17, 15) is 13.2 Å². The summed E-state index contributed by atoms with van der Waals surface area (Å²) in [5.41, 5.74) is 3.73. The number of aryl methyl sites for hydroxylation is 2. The number of anilines is 1. The van der Waals surface area contributed by atoms with E-state index in [0.29, 0.717) is 21.6 Å². The van der Waals surface area contributed by atoms with E-state index in [2.05, 4.69) is 4.72 Å². The molecule has 0 saturated carbocycles. The summed E-state index contributed by atoms with van der Waals surface area (Å²) in [5.74, 6) is 0. The predicted molar refractivity (Wildman–Crippen MR) is 98.7 cm³/mol. The van der Waals surface area contributed by atoms with Gasteiger partial charge in [-0.3, -0.25) is 4.72 Å². The summed E-state index contributed by atoms with van der Waals surface area (Å²) in [4.78, 5) is 11.6. The molecule has 0 amide bonds. The third-order valence-corrected chi connectivity index (χ3v) is 6.09. The predicted octanol–water partition coefficient (Wildman–Crippen LogP) is 3.83. The Morgan fingerprint density at radius 2 is 1.52 bits per heavy atom. The van der Waals surface area contributed by atoms with Crippen molar-refractivity contribution in [1.82, 2.24) is 0 Å². The smallest absolute Gasteiger partial charge is 0.336 e. The summed E-state index contributed by atoms with van der Waals surface area (Å²) in [6, 6.07) is 9.70. The van der Waals surface area contributed by atoms with E-state index in [0.717, 1.165) is 22.3 Å². The van der Waals surface area contributed by atoms with Crippen molar-refractivity contribution in [2.75, 3.05) is 4.72 Å². The first kappa shape index (κ1) is 17.2. The van der Waals surface area contributed by atoms with Gasteiger partial charge in [0.15, 0.2) is 0 Å². The normalized spacial score (nSPS) is 11.7. The number of rotatable bonds is 3. The van der Waals surface area contributed by atoms with Crippen molar-refractivity contribution in [3.63, 3.8) is 0 Å². The van der Waals surface area contributed by atoms with Crippen molar-refractivity contribution in [3.05, 3.63) is 69.1 Å². The van der Waals surface area contributed by atoms with Gasteiger partial charge in [0.05, 0.1) is 4.90 Å². The van der Waals surface area contributed by atoms with Gasteiger partial charge in [0.1, 0.15) is 5.58 Å². The molecule has 25 heavy (non-hydrogen) atoms. The minimum absolute atomic E-state index is 0.310. The standard InChI is InChI=1S/C19H19NO4S/c1-11-9-12(2)14(4)19(13(11)3)25(22,23)20-16-6-7-17-15(10-16)5-8-18(21)24-17/h5-10,20H,1-4H3. The Bertz CT molecular complexity index is 1120. The van der Waals surface area contributed by atoms with Crippen molar-refractivity contribution in [3.8, 4) is 0 Å². The van der Waals surface area contributed by atoms with Crippen molar-refractivity contribution in [2.45, 2.75) is 32.6 Å². The molecule has 0 aliphatic carbocycles. The number of nitrogens with one attached hydrogen (secondary N) is 1. The molecule has 6 heteroatoms. The third-order valence-electron chi connectivity index (χ3n) is 4.44. The molecule has 1 aromatic heterocycles. The van der Waals surface area contributed by atoms with Crippen molar-refractivity contribution < 1.29 is 12.8 Å². The average molecular weight is 357 g/mol. The Labute approximate surface area is 146 Å². The molecule has 0 fully saturated rings. The van der Waals surface area contributed by atoms with Crippen molar-refractivity contribution >= 4 is 26.7 Å². The lowest BCUT2D eigenvalue weighted by Gasteiger charge is -2.17. The molecule has 5 nitrogen and oxygen atoms in total. The highest BCUT2D eigenvalue weighted by molar-refractivity contribution is 7.92. The van der Waals surface area contributed by atoms with Crippen LogP contribution in [0.4, 0.5) is 5.69 Å². The molecule has 3 aromatic rings. The van der Waals surface area contributed by atoms with Gasteiger partial charge in [-0.15, -0.1) is 0 Å². The second-order valence-electron chi connectivity index (χ2n) is 6.20. The minimum atomic E-state index is -3.74. The first-order valence-corrected chi connectivity index (χ1v) is 9.31. The Hall–Kier alpha value is -2.60. The van der Waals surface area contributed by atoms with E-state index >= 15 is 0 Å². The Balaban J connectivity index is 2.08. The topological polar surface area (TPSA) is 76.4 Å². The molecule has 2 aromatic carbocycles. The molecule has 0 saturated heterocycles. The SMILES string of the molecule is Cc1cc(C)c(C)c(S(=O)(=O)Nc2ccc3oc(=O)ccc3c2)c1C.